The molecular weight excluding hydrogens is 284 g/mol. The van der Waals surface area contributed by atoms with Crippen LogP contribution in [0.3, 0.4) is 0 Å². The molecule has 0 aliphatic heterocycles. The molecule has 2 rings (SSSR count). The Morgan fingerprint density at radius 1 is 1.12 bits per heavy atom. The predicted molar refractivity (Wildman–Crippen MR) is 73.4 cm³/mol. The van der Waals surface area contributed by atoms with Crippen LogP contribution in [0, 0.1) is 0 Å². The third-order valence-corrected chi connectivity index (χ3v) is 3.26. The van der Waals surface area contributed by atoms with Crippen LogP contribution < -0.4 is 5.32 Å². The molecule has 0 aliphatic carbocycles. The molecule has 1 heterocycles. The predicted octanol–water partition coefficient (Wildman–Crippen LogP) is 4.31. The molecule has 0 aliphatic rings. The number of hydrogen-bond donors (Lipinski definition) is 1. The van der Waals surface area contributed by atoms with Gasteiger partial charge in [0.1, 0.15) is 10.4 Å². The second kappa shape index (κ2) is 5.37. The minimum Gasteiger partial charge on any atom is -0.340 e. The van der Waals surface area contributed by atoms with Gasteiger partial charge in [0.25, 0.3) is 0 Å². The highest BCUT2D eigenvalue weighted by Crippen LogP contribution is 2.20. The first-order valence-corrected chi connectivity index (χ1v) is 6.83. The van der Waals surface area contributed by atoms with Gasteiger partial charge >= 0.3 is 0 Å². The highest BCUT2D eigenvalue weighted by Gasteiger charge is 1.96. The summed E-state index contributed by atoms with van der Waals surface area (Å²) in [5.74, 6) is 0.839. The van der Waals surface area contributed by atoms with Crippen molar-refractivity contribution in [1.82, 2.24) is 4.98 Å². The fourth-order valence-corrected chi connectivity index (χ4v) is 2.05. The molecule has 1 aromatic heterocycles. The number of hydrogen-bond acceptors (Lipinski definition) is 3. The number of pyridine rings is 1. The summed E-state index contributed by atoms with van der Waals surface area (Å²) in [4.78, 5) is 5.57. The van der Waals surface area contributed by atoms with Gasteiger partial charge in [-0.15, -0.1) is 11.8 Å². The minimum atomic E-state index is 0.832. The number of nitrogens with one attached hydrogen (secondary N) is 1. The lowest BCUT2D eigenvalue weighted by molar-refractivity contribution is 1.26. The van der Waals surface area contributed by atoms with Gasteiger partial charge in [-0.3, -0.25) is 0 Å². The van der Waals surface area contributed by atoms with E-state index in [0.29, 0.717) is 0 Å². The van der Waals surface area contributed by atoms with Crippen LogP contribution >= 0.6 is 27.7 Å². The molecule has 0 saturated carbocycles. The van der Waals surface area contributed by atoms with Crippen LogP contribution in [-0.2, 0) is 0 Å². The monoisotopic (exact) mass is 294 g/mol. The number of benzene rings is 1. The Bertz CT molecular complexity index is 471. The normalized spacial score (nSPS) is 10.1. The molecule has 0 bridgehead atoms. The molecule has 0 saturated heterocycles. The lowest BCUT2D eigenvalue weighted by Crippen LogP contribution is -1.92. The Morgan fingerprint density at radius 3 is 2.50 bits per heavy atom. The van der Waals surface area contributed by atoms with Crippen molar-refractivity contribution in [2.45, 2.75) is 4.90 Å². The Labute approximate surface area is 108 Å². The van der Waals surface area contributed by atoms with E-state index >= 15 is 0 Å². The van der Waals surface area contributed by atoms with Crippen molar-refractivity contribution in [3.8, 4) is 0 Å². The number of nitrogens with zero attached hydrogens (tertiary/aromatic N) is 1. The van der Waals surface area contributed by atoms with Crippen molar-refractivity contribution >= 4 is 39.2 Å². The van der Waals surface area contributed by atoms with Gasteiger partial charge in [-0.05, 0) is 58.6 Å². The molecule has 0 fully saturated rings. The summed E-state index contributed by atoms with van der Waals surface area (Å²) in [6.07, 6.45) is 2.07. The van der Waals surface area contributed by atoms with Crippen molar-refractivity contribution in [3.63, 3.8) is 0 Å². The number of rotatable bonds is 3. The first-order valence-electron chi connectivity index (χ1n) is 4.81. The van der Waals surface area contributed by atoms with Crippen molar-refractivity contribution < 1.29 is 0 Å². The zero-order valence-corrected chi connectivity index (χ0v) is 11.2. The molecular formula is C12H11BrN2S. The lowest BCUT2D eigenvalue weighted by atomic mass is 10.3. The summed E-state index contributed by atoms with van der Waals surface area (Å²) in [5, 5.41) is 3.25. The van der Waals surface area contributed by atoms with E-state index in [1.165, 1.54) is 4.90 Å². The topological polar surface area (TPSA) is 24.9 Å². The molecule has 0 spiro atoms. The summed E-state index contributed by atoms with van der Waals surface area (Å²) < 4.78 is 0.832. The van der Waals surface area contributed by atoms with Crippen LogP contribution in [0.2, 0.25) is 0 Å². The van der Waals surface area contributed by atoms with E-state index in [4.69, 9.17) is 0 Å². The standard InChI is InChI=1S/C12H11BrN2S/c1-16-10-7-5-9(6-8-10)14-12-4-2-3-11(13)15-12/h2-8H,1H3,(H,14,15). The van der Waals surface area contributed by atoms with E-state index in [1.807, 2.05) is 18.2 Å². The summed E-state index contributed by atoms with van der Waals surface area (Å²) in [5.41, 5.74) is 1.04. The Hall–Kier alpha value is -1.00. The largest absolute Gasteiger partial charge is 0.340 e. The second-order valence-electron chi connectivity index (χ2n) is 3.20. The fraction of sp³-hybridized carbons (Fsp3) is 0.0833. The summed E-state index contributed by atoms with van der Waals surface area (Å²) in [7, 11) is 0. The SMILES string of the molecule is CSc1ccc(Nc2cccc(Br)n2)cc1. The smallest absolute Gasteiger partial charge is 0.131 e. The van der Waals surface area contributed by atoms with Gasteiger partial charge < -0.3 is 5.32 Å². The fourth-order valence-electron chi connectivity index (χ4n) is 1.30. The van der Waals surface area contributed by atoms with E-state index in [-0.39, 0.29) is 0 Å². The summed E-state index contributed by atoms with van der Waals surface area (Å²) >= 11 is 5.08. The number of halogens is 1. The summed E-state index contributed by atoms with van der Waals surface area (Å²) in [6, 6.07) is 14.1. The molecule has 1 aromatic carbocycles. The van der Waals surface area contributed by atoms with Crippen molar-refractivity contribution in [2.24, 2.45) is 0 Å². The lowest BCUT2D eigenvalue weighted by Gasteiger charge is -2.06. The van der Waals surface area contributed by atoms with Crippen LogP contribution in [0.4, 0.5) is 11.5 Å². The molecule has 0 amide bonds. The average Bonchev–Trinajstić information content (AvgIpc) is 2.30. The number of thioether (sulfide) groups is 1. The maximum absolute atomic E-state index is 4.31. The quantitative estimate of drug-likeness (QED) is 0.674. The van der Waals surface area contributed by atoms with Gasteiger partial charge in [0.2, 0.25) is 0 Å². The van der Waals surface area contributed by atoms with Crippen molar-refractivity contribution in [1.29, 1.82) is 0 Å². The maximum atomic E-state index is 4.31. The molecule has 16 heavy (non-hydrogen) atoms. The summed E-state index contributed by atoms with van der Waals surface area (Å²) in [6.45, 7) is 0. The first-order chi connectivity index (χ1) is 7.78. The molecule has 2 nitrogen and oxygen atoms in total. The zero-order chi connectivity index (χ0) is 11.4. The third kappa shape index (κ3) is 3.00. The number of anilines is 2. The van der Waals surface area contributed by atoms with Gasteiger partial charge in [0.05, 0.1) is 0 Å². The zero-order valence-electron chi connectivity index (χ0n) is 8.77. The second-order valence-corrected chi connectivity index (χ2v) is 4.89. The molecule has 1 N–H and O–H groups in total. The molecule has 2 aromatic rings. The average molecular weight is 295 g/mol. The van der Waals surface area contributed by atoms with Crippen LogP contribution in [0.1, 0.15) is 0 Å². The van der Waals surface area contributed by atoms with Gasteiger partial charge in [-0.2, -0.15) is 0 Å². The van der Waals surface area contributed by atoms with E-state index in [0.717, 1.165) is 16.1 Å². The minimum absolute atomic E-state index is 0.832. The first kappa shape index (κ1) is 11.5. The van der Waals surface area contributed by atoms with E-state index < -0.39 is 0 Å². The van der Waals surface area contributed by atoms with Crippen LogP contribution in [-0.4, -0.2) is 11.2 Å². The Balaban J connectivity index is 2.14. The van der Waals surface area contributed by atoms with E-state index in [9.17, 15) is 0 Å². The highest BCUT2D eigenvalue weighted by molar-refractivity contribution is 9.10. The highest BCUT2D eigenvalue weighted by atomic mass is 79.9. The van der Waals surface area contributed by atoms with Gasteiger partial charge in [0.15, 0.2) is 0 Å². The number of aromatic nitrogens is 1. The van der Waals surface area contributed by atoms with Gasteiger partial charge in [0, 0.05) is 10.6 Å². The Morgan fingerprint density at radius 2 is 1.88 bits per heavy atom. The molecule has 0 unspecified atom stereocenters. The van der Waals surface area contributed by atoms with Crippen LogP contribution in [0.15, 0.2) is 52.0 Å². The van der Waals surface area contributed by atoms with Gasteiger partial charge in [-0.25, -0.2) is 4.98 Å². The Kier molecular flexibility index (Phi) is 3.85. The van der Waals surface area contributed by atoms with Crippen molar-refractivity contribution in [2.75, 3.05) is 11.6 Å². The maximum Gasteiger partial charge on any atom is 0.131 e. The van der Waals surface area contributed by atoms with Crippen molar-refractivity contribution in [3.05, 3.63) is 47.1 Å². The molecule has 4 heteroatoms. The van der Waals surface area contributed by atoms with Gasteiger partial charge in [-0.1, -0.05) is 6.07 Å². The van der Waals surface area contributed by atoms with Crippen LogP contribution in [0.25, 0.3) is 0 Å². The molecule has 82 valence electrons. The molecule has 0 atom stereocenters. The van der Waals surface area contributed by atoms with E-state index in [2.05, 4.69) is 56.8 Å². The third-order valence-electron chi connectivity index (χ3n) is 2.08. The van der Waals surface area contributed by atoms with Crippen LogP contribution in [0.5, 0.6) is 0 Å². The molecule has 0 radical (unpaired) electrons. The van der Waals surface area contributed by atoms with E-state index in [1.54, 1.807) is 11.8 Å².